The third kappa shape index (κ3) is 6.27. The smallest absolute Gasteiger partial charge is 0.252 e. The van der Waals surface area contributed by atoms with Crippen molar-refractivity contribution >= 4 is 27.7 Å². The molecule has 0 radical (unpaired) electrons. The van der Waals surface area contributed by atoms with Crippen LogP contribution in [0.4, 0.5) is 8.78 Å². The number of nitrogens with zero attached hydrogens (tertiary/aromatic N) is 1. The summed E-state index contributed by atoms with van der Waals surface area (Å²) in [4.78, 5) is 18.2. The molecule has 1 aliphatic rings. The number of nitrogens with one attached hydrogen (secondary N) is 1. The SMILES string of the molecule is O=C(NCc1cc(F)cc(F)c1)[C@@]1(Cc2ccccc2Br)COC(c2ccc(OCCCO)cc2)=N1. The molecule has 3 aromatic rings. The number of aliphatic hydroxyl groups excluding tert-OH is 1. The highest BCUT2D eigenvalue weighted by atomic mass is 79.9. The highest BCUT2D eigenvalue weighted by molar-refractivity contribution is 9.10. The maximum absolute atomic E-state index is 13.6. The maximum Gasteiger partial charge on any atom is 0.252 e. The van der Waals surface area contributed by atoms with Gasteiger partial charge in [-0.3, -0.25) is 4.79 Å². The lowest BCUT2D eigenvalue weighted by Crippen LogP contribution is -2.48. The van der Waals surface area contributed by atoms with Crippen molar-refractivity contribution in [1.82, 2.24) is 5.32 Å². The van der Waals surface area contributed by atoms with Crippen LogP contribution in [-0.4, -0.2) is 42.3 Å². The number of ether oxygens (including phenoxy) is 2. The Morgan fingerprint density at radius 3 is 2.53 bits per heavy atom. The van der Waals surface area contributed by atoms with E-state index in [0.717, 1.165) is 16.1 Å². The first-order chi connectivity index (χ1) is 17.4. The number of carbonyl (C=O) groups excluding carboxylic acids is 1. The fraction of sp³-hybridized carbons (Fsp3) is 0.259. The summed E-state index contributed by atoms with van der Waals surface area (Å²) in [6.07, 6.45) is 0.788. The number of halogens is 3. The molecule has 1 atom stereocenters. The standard InChI is InChI=1S/C27H25BrF2N2O4/c28-24-5-2-1-4-20(24)15-27(26(34)31-16-18-12-21(29)14-22(30)13-18)17-36-25(32-27)19-6-8-23(9-7-19)35-11-3-10-33/h1-2,4-9,12-14,33H,3,10-11,15-17H2,(H,31,34)/t27-/m1/s1. The molecule has 9 heteroatoms. The zero-order valence-electron chi connectivity index (χ0n) is 19.3. The van der Waals surface area contributed by atoms with Crippen molar-refractivity contribution < 1.29 is 28.2 Å². The van der Waals surface area contributed by atoms with Gasteiger partial charge in [0.25, 0.3) is 5.91 Å². The predicted molar refractivity (Wildman–Crippen MR) is 135 cm³/mol. The molecule has 4 rings (SSSR count). The average molecular weight is 559 g/mol. The van der Waals surface area contributed by atoms with Gasteiger partial charge >= 0.3 is 0 Å². The number of aliphatic imine (C=N–C) groups is 1. The van der Waals surface area contributed by atoms with Crippen LogP contribution in [-0.2, 0) is 22.5 Å². The highest BCUT2D eigenvalue weighted by Gasteiger charge is 2.44. The number of hydrogen-bond acceptors (Lipinski definition) is 5. The summed E-state index contributed by atoms with van der Waals surface area (Å²) in [6.45, 7) is 0.397. The van der Waals surface area contributed by atoms with Crippen molar-refractivity contribution in [1.29, 1.82) is 0 Å². The molecule has 2 N–H and O–H groups in total. The summed E-state index contributed by atoms with van der Waals surface area (Å²) in [5, 5.41) is 11.7. The molecule has 0 spiro atoms. The summed E-state index contributed by atoms with van der Waals surface area (Å²) in [5.41, 5.74) is 0.572. The van der Waals surface area contributed by atoms with Crippen LogP contribution in [0, 0.1) is 11.6 Å². The van der Waals surface area contributed by atoms with Crippen LogP contribution in [0.15, 0.2) is 76.2 Å². The van der Waals surface area contributed by atoms with E-state index in [1.807, 2.05) is 24.3 Å². The Morgan fingerprint density at radius 2 is 1.83 bits per heavy atom. The van der Waals surface area contributed by atoms with Gasteiger partial charge in [0.1, 0.15) is 24.0 Å². The molecular formula is C27H25BrF2N2O4. The van der Waals surface area contributed by atoms with Gasteiger partial charge in [-0.05, 0) is 53.6 Å². The van der Waals surface area contributed by atoms with Crippen molar-refractivity contribution in [3.63, 3.8) is 0 Å². The van der Waals surface area contributed by atoms with Crippen molar-refractivity contribution in [2.75, 3.05) is 19.8 Å². The summed E-state index contributed by atoms with van der Waals surface area (Å²) < 4.78 is 39.5. The third-order valence-corrected chi connectivity index (χ3v) is 6.45. The largest absolute Gasteiger partial charge is 0.494 e. The van der Waals surface area contributed by atoms with Gasteiger partial charge in [0.05, 0.1) is 6.61 Å². The fourth-order valence-electron chi connectivity index (χ4n) is 3.85. The zero-order chi connectivity index (χ0) is 25.5. The lowest BCUT2D eigenvalue weighted by Gasteiger charge is -2.24. The average Bonchev–Trinajstić information content (AvgIpc) is 3.29. The number of carbonyl (C=O) groups is 1. The molecule has 36 heavy (non-hydrogen) atoms. The third-order valence-electron chi connectivity index (χ3n) is 5.67. The van der Waals surface area contributed by atoms with E-state index in [0.29, 0.717) is 35.8 Å². The number of rotatable bonds is 10. The van der Waals surface area contributed by atoms with E-state index >= 15 is 0 Å². The first kappa shape index (κ1) is 25.8. The van der Waals surface area contributed by atoms with Crippen LogP contribution in [0.1, 0.15) is 23.1 Å². The van der Waals surface area contributed by atoms with Gasteiger partial charge in [-0.2, -0.15) is 0 Å². The van der Waals surface area contributed by atoms with Crippen LogP contribution in [0.25, 0.3) is 0 Å². The van der Waals surface area contributed by atoms with Crippen LogP contribution in [0.3, 0.4) is 0 Å². The fourth-order valence-corrected chi connectivity index (χ4v) is 4.27. The second-order valence-electron chi connectivity index (χ2n) is 8.42. The molecule has 0 bridgehead atoms. The molecule has 0 unspecified atom stereocenters. The van der Waals surface area contributed by atoms with Gasteiger partial charge in [-0.25, -0.2) is 13.8 Å². The molecule has 0 saturated carbocycles. The van der Waals surface area contributed by atoms with E-state index in [2.05, 4.69) is 21.2 Å². The van der Waals surface area contributed by atoms with Gasteiger partial charge in [-0.1, -0.05) is 34.1 Å². The van der Waals surface area contributed by atoms with E-state index in [-0.39, 0.29) is 26.2 Å². The Balaban J connectivity index is 1.57. The van der Waals surface area contributed by atoms with E-state index < -0.39 is 23.1 Å². The highest BCUT2D eigenvalue weighted by Crippen LogP contribution is 2.30. The minimum absolute atomic E-state index is 0.00175. The van der Waals surface area contributed by atoms with E-state index in [1.165, 1.54) is 12.1 Å². The van der Waals surface area contributed by atoms with Gasteiger partial charge in [-0.15, -0.1) is 0 Å². The lowest BCUT2D eigenvalue weighted by molar-refractivity contribution is -0.126. The molecule has 3 aromatic carbocycles. The molecule has 0 saturated heterocycles. The van der Waals surface area contributed by atoms with Crippen molar-refractivity contribution in [2.24, 2.45) is 4.99 Å². The summed E-state index contributed by atoms with van der Waals surface area (Å²) in [5.74, 6) is -0.880. The second kappa shape index (κ2) is 11.6. The Morgan fingerprint density at radius 1 is 1.11 bits per heavy atom. The lowest BCUT2D eigenvalue weighted by atomic mass is 9.91. The summed E-state index contributed by atoms with van der Waals surface area (Å²) >= 11 is 3.53. The molecular weight excluding hydrogens is 534 g/mol. The number of aliphatic hydroxyl groups is 1. The zero-order valence-corrected chi connectivity index (χ0v) is 20.9. The second-order valence-corrected chi connectivity index (χ2v) is 9.27. The van der Waals surface area contributed by atoms with Crippen LogP contribution in [0.2, 0.25) is 0 Å². The van der Waals surface area contributed by atoms with E-state index in [1.54, 1.807) is 24.3 Å². The minimum atomic E-state index is -1.28. The summed E-state index contributed by atoms with van der Waals surface area (Å²) in [7, 11) is 0. The normalized spacial score (nSPS) is 16.8. The van der Waals surface area contributed by atoms with Crippen molar-refractivity contribution in [2.45, 2.75) is 24.9 Å². The van der Waals surface area contributed by atoms with Crippen LogP contribution in [0.5, 0.6) is 5.75 Å². The van der Waals surface area contributed by atoms with Gasteiger partial charge in [0.15, 0.2) is 5.54 Å². The van der Waals surface area contributed by atoms with Crippen molar-refractivity contribution in [3.8, 4) is 5.75 Å². The number of hydrogen-bond donors (Lipinski definition) is 2. The van der Waals surface area contributed by atoms with Gasteiger partial charge in [0, 0.05) is 42.1 Å². The first-order valence-corrected chi connectivity index (χ1v) is 12.2. The topological polar surface area (TPSA) is 80.2 Å². The van der Waals surface area contributed by atoms with Crippen LogP contribution >= 0.6 is 15.9 Å². The minimum Gasteiger partial charge on any atom is -0.494 e. The van der Waals surface area contributed by atoms with Gasteiger partial charge < -0.3 is 19.9 Å². The number of amides is 1. The van der Waals surface area contributed by atoms with Crippen molar-refractivity contribution in [3.05, 3.63) is 99.5 Å². The Kier molecular flexibility index (Phi) is 8.32. The van der Waals surface area contributed by atoms with Gasteiger partial charge in [0.2, 0.25) is 5.90 Å². The first-order valence-electron chi connectivity index (χ1n) is 11.4. The molecule has 6 nitrogen and oxygen atoms in total. The molecule has 1 aliphatic heterocycles. The monoisotopic (exact) mass is 558 g/mol. The Hall–Kier alpha value is -3.30. The van der Waals surface area contributed by atoms with E-state index in [9.17, 15) is 13.6 Å². The molecule has 0 aromatic heterocycles. The molecule has 0 aliphatic carbocycles. The molecule has 188 valence electrons. The maximum atomic E-state index is 13.6. The molecule has 0 fully saturated rings. The number of benzene rings is 3. The quantitative estimate of drug-likeness (QED) is 0.357. The molecule has 1 amide bonds. The van der Waals surface area contributed by atoms with E-state index in [4.69, 9.17) is 19.6 Å². The predicted octanol–water partition coefficient (Wildman–Crippen LogP) is 4.56. The summed E-state index contributed by atoms with van der Waals surface area (Å²) in [6, 6.07) is 17.8. The Bertz CT molecular complexity index is 1230. The Labute approximate surface area is 216 Å². The molecule has 1 heterocycles. The van der Waals surface area contributed by atoms with Crippen LogP contribution < -0.4 is 10.1 Å².